The summed E-state index contributed by atoms with van der Waals surface area (Å²) < 4.78 is 26.2. The average molecular weight is 196 g/mol. The van der Waals surface area contributed by atoms with E-state index < -0.39 is 16.2 Å². The summed E-state index contributed by atoms with van der Waals surface area (Å²) in [7, 11) is -3.40. The van der Waals surface area contributed by atoms with Gasteiger partial charge in [0.05, 0.1) is 12.4 Å². The predicted octanol–water partition coefficient (Wildman–Crippen LogP) is 0.370. The molecule has 4 nitrogen and oxygen atoms in total. The van der Waals surface area contributed by atoms with Gasteiger partial charge in [0.1, 0.15) is 0 Å². The summed E-state index contributed by atoms with van der Waals surface area (Å²) in [6.07, 6.45) is 0.954. The molecule has 0 aromatic rings. The number of aliphatic hydroxyl groups is 1. The summed E-state index contributed by atoms with van der Waals surface area (Å²) in [5.41, 5.74) is 0. The van der Waals surface area contributed by atoms with Crippen molar-refractivity contribution >= 4 is 10.1 Å². The van der Waals surface area contributed by atoms with Crippen LogP contribution < -0.4 is 0 Å². The van der Waals surface area contributed by atoms with Gasteiger partial charge in [-0.25, -0.2) is 0 Å². The lowest BCUT2D eigenvalue weighted by molar-refractivity contribution is 0.122. The maximum Gasteiger partial charge on any atom is 0.264 e. The first-order valence-corrected chi connectivity index (χ1v) is 5.67. The number of rotatable bonds is 5. The third-order valence-electron chi connectivity index (χ3n) is 1.46. The molecule has 12 heavy (non-hydrogen) atoms. The fourth-order valence-electron chi connectivity index (χ4n) is 0.844. The minimum absolute atomic E-state index is 0.0572. The summed E-state index contributed by atoms with van der Waals surface area (Å²) in [5.74, 6) is 0.0897. The highest BCUT2D eigenvalue weighted by Crippen LogP contribution is 2.12. The Morgan fingerprint density at radius 3 is 2.17 bits per heavy atom. The van der Waals surface area contributed by atoms with Crippen LogP contribution in [0, 0.1) is 5.92 Å². The van der Waals surface area contributed by atoms with Crippen molar-refractivity contribution in [3.05, 3.63) is 0 Å². The molecule has 0 amide bonds. The molecular weight excluding hydrogens is 180 g/mol. The van der Waals surface area contributed by atoms with Crippen molar-refractivity contribution in [1.82, 2.24) is 0 Å². The maximum atomic E-state index is 10.7. The van der Waals surface area contributed by atoms with Crippen molar-refractivity contribution in [2.45, 2.75) is 26.4 Å². The number of hydrogen-bond acceptors (Lipinski definition) is 4. The van der Waals surface area contributed by atoms with E-state index in [0.717, 1.165) is 6.26 Å². The van der Waals surface area contributed by atoms with Gasteiger partial charge >= 0.3 is 0 Å². The van der Waals surface area contributed by atoms with Gasteiger partial charge in [-0.2, -0.15) is 8.42 Å². The highest BCUT2D eigenvalue weighted by Gasteiger charge is 2.18. The van der Waals surface area contributed by atoms with Crippen molar-refractivity contribution in [2.75, 3.05) is 12.9 Å². The second kappa shape index (κ2) is 4.79. The molecule has 1 atom stereocenters. The molecule has 0 aromatic heterocycles. The third kappa shape index (κ3) is 5.51. The molecule has 0 saturated heterocycles. The lowest BCUT2D eigenvalue weighted by Crippen LogP contribution is -2.24. The van der Waals surface area contributed by atoms with Crippen LogP contribution in [0.15, 0.2) is 0 Å². The van der Waals surface area contributed by atoms with Gasteiger partial charge in [-0.05, 0) is 12.3 Å². The molecule has 0 rings (SSSR count). The van der Waals surface area contributed by atoms with Crippen LogP contribution in [0.4, 0.5) is 0 Å². The van der Waals surface area contributed by atoms with Gasteiger partial charge < -0.3 is 5.11 Å². The normalized spacial score (nSPS) is 15.1. The zero-order valence-electron chi connectivity index (χ0n) is 7.65. The predicted molar refractivity (Wildman–Crippen MR) is 46.3 cm³/mol. The van der Waals surface area contributed by atoms with E-state index >= 15 is 0 Å². The molecule has 0 spiro atoms. The average Bonchev–Trinajstić information content (AvgIpc) is 1.83. The summed E-state index contributed by atoms with van der Waals surface area (Å²) in [4.78, 5) is 0. The summed E-state index contributed by atoms with van der Waals surface area (Å²) in [5, 5.41) is 8.61. The zero-order chi connectivity index (χ0) is 9.78. The molecule has 0 aromatic carbocycles. The Balaban J connectivity index is 4.14. The Labute approximate surface area is 73.7 Å². The van der Waals surface area contributed by atoms with Crippen molar-refractivity contribution in [3.8, 4) is 0 Å². The molecule has 0 bridgehead atoms. The lowest BCUT2D eigenvalue weighted by atomic mass is 10.1. The van der Waals surface area contributed by atoms with Crippen molar-refractivity contribution < 1.29 is 17.7 Å². The van der Waals surface area contributed by atoms with E-state index in [1.54, 1.807) is 0 Å². The molecule has 1 N–H and O–H groups in total. The van der Waals surface area contributed by atoms with Crippen LogP contribution >= 0.6 is 0 Å². The fourth-order valence-corrected chi connectivity index (χ4v) is 1.61. The van der Waals surface area contributed by atoms with E-state index in [2.05, 4.69) is 0 Å². The van der Waals surface area contributed by atoms with Crippen LogP contribution in [-0.4, -0.2) is 32.5 Å². The zero-order valence-corrected chi connectivity index (χ0v) is 8.47. The molecule has 0 heterocycles. The molecule has 0 saturated carbocycles. The molecule has 74 valence electrons. The van der Waals surface area contributed by atoms with Crippen LogP contribution in [-0.2, 0) is 14.3 Å². The van der Waals surface area contributed by atoms with Gasteiger partial charge in [-0.1, -0.05) is 13.8 Å². The standard InChI is InChI=1S/C7H16O4S/c1-6(2)7(4-5-8)11-12(3,9)10/h6-8H,4-5H2,1-3H3/t7-/m0/s1. The smallest absolute Gasteiger partial charge is 0.264 e. The van der Waals surface area contributed by atoms with Gasteiger partial charge in [-0.3, -0.25) is 4.18 Å². The van der Waals surface area contributed by atoms with E-state index in [-0.39, 0.29) is 12.5 Å². The molecule has 0 fully saturated rings. The molecular formula is C7H16O4S. The Morgan fingerprint density at radius 1 is 1.42 bits per heavy atom. The molecule has 0 aliphatic heterocycles. The largest absolute Gasteiger partial charge is 0.396 e. The van der Waals surface area contributed by atoms with Crippen molar-refractivity contribution in [2.24, 2.45) is 5.92 Å². The van der Waals surface area contributed by atoms with E-state index in [1.165, 1.54) is 0 Å². The quantitative estimate of drug-likeness (QED) is 0.645. The Hall–Kier alpha value is -0.130. The fraction of sp³-hybridized carbons (Fsp3) is 1.00. The minimum Gasteiger partial charge on any atom is -0.396 e. The van der Waals surface area contributed by atoms with Crippen molar-refractivity contribution in [1.29, 1.82) is 0 Å². The van der Waals surface area contributed by atoms with Gasteiger partial charge in [0.2, 0.25) is 0 Å². The minimum atomic E-state index is -3.40. The van der Waals surface area contributed by atoms with Crippen LogP contribution in [0.5, 0.6) is 0 Å². The topological polar surface area (TPSA) is 63.6 Å². The van der Waals surface area contributed by atoms with E-state index in [0.29, 0.717) is 6.42 Å². The molecule has 5 heteroatoms. The Bertz CT molecular complexity index is 207. The second-order valence-electron chi connectivity index (χ2n) is 3.10. The second-order valence-corrected chi connectivity index (χ2v) is 4.70. The van der Waals surface area contributed by atoms with Crippen molar-refractivity contribution in [3.63, 3.8) is 0 Å². The highest BCUT2D eigenvalue weighted by atomic mass is 32.2. The molecule has 0 aliphatic carbocycles. The van der Waals surface area contributed by atoms with Gasteiger partial charge in [-0.15, -0.1) is 0 Å². The molecule has 0 aliphatic rings. The van der Waals surface area contributed by atoms with Gasteiger partial charge in [0.25, 0.3) is 10.1 Å². The first-order valence-electron chi connectivity index (χ1n) is 3.86. The molecule has 0 radical (unpaired) electrons. The van der Waals surface area contributed by atoms with Gasteiger partial charge in [0.15, 0.2) is 0 Å². The molecule has 0 unspecified atom stereocenters. The van der Waals surface area contributed by atoms with Crippen LogP contribution in [0.1, 0.15) is 20.3 Å². The summed E-state index contributed by atoms with van der Waals surface area (Å²) >= 11 is 0. The number of aliphatic hydroxyl groups excluding tert-OH is 1. The van der Waals surface area contributed by atoms with Crippen LogP contribution in [0.2, 0.25) is 0 Å². The maximum absolute atomic E-state index is 10.7. The SMILES string of the molecule is CC(C)[C@H](CCO)OS(C)(=O)=O. The Kier molecular flexibility index (Phi) is 4.74. The van der Waals surface area contributed by atoms with Crippen LogP contribution in [0.3, 0.4) is 0 Å². The monoisotopic (exact) mass is 196 g/mol. The van der Waals surface area contributed by atoms with E-state index in [9.17, 15) is 8.42 Å². The summed E-state index contributed by atoms with van der Waals surface area (Å²) in [6.45, 7) is 3.65. The van der Waals surface area contributed by atoms with Gasteiger partial charge in [0, 0.05) is 6.61 Å². The van der Waals surface area contributed by atoms with Crippen LogP contribution in [0.25, 0.3) is 0 Å². The number of hydrogen-bond donors (Lipinski definition) is 1. The first kappa shape index (κ1) is 11.9. The third-order valence-corrected chi connectivity index (χ3v) is 2.05. The highest BCUT2D eigenvalue weighted by molar-refractivity contribution is 7.86. The van der Waals surface area contributed by atoms with E-state index in [1.807, 2.05) is 13.8 Å². The van der Waals surface area contributed by atoms with E-state index in [4.69, 9.17) is 9.29 Å². The summed E-state index contributed by atoms with van der Waals surface area (Å²) in [6, 6.07) is 0. The first-order chi connectivity index (χ1) is 5.37. The Morgan fingerprint density at radius 2 is 1.92 bits per heavy atom. The lowest BCUT2D eigenvalue weighted by Gasteiger charge is -2.18.